The number of hydrogen-bond donors (Lipinski definition) is 1. The quantitative estimate of drug-likeness (QED) is 0.748. The van der Waals surface area contributed by atoms with E-state index >= 15 is 0 Å². The van der Waals surface area contributed by atoms with Gasteiger partial charge in [-0.15, -0.1) is 0 Å². The molecule has 0 spiro atoms. The van der Waals surface area contributed by atoms with E-state index in [-0.39, 0.29) is 24.5 Å². The maximum Gasteiger partial charge on any atom is 0.355 e. The van der Waals surface area contributed by atoms with Gasteiger partial charge in [-0.25, -0.2) is 9.80 Å². The topological polar surface area (TPSA) is 88.1 Å². The van der Waals surface area contributed by atoms with E-state index in [0.29, 0.717) is 21.4 Å². The highest BCUT2D eigenvalue weighted by atomic mass is 35.5. The van der Waals surface area contributed by atoms with Crippen LogP contribution in [0.4, 0.5) is 11.4 Å². The zero-order valence-electron chi connectivity index (χ0n) is 14.5. The number of hydrazone groups is 1. The van der Waals surface area contributed by atoms with E-state index in [4.69, 9.17) is 27.9 Å². The Morgan fingerprint density at radius 1 is 1.07 bits per heavy atom. The summed E-state index contributed by atoms with van der Waals surface area (Å²) in [5.74, 6) is -1.54. The Balaban J connectivity index is 1.61. The molecule has 0 aromatic heterocycles. The van der Waals surface area contributed by atoms with Crippen molar-refractivity contribution in [2.45, 2.75) is 12.8 Å². The fourth-order valence-electron chi connectivity index (χ4n) is 2.51. The molecule has 1 aliphatic rings. The van der Waals surface area contributed by atoms with Crippen LogP contribution in [-0.4, -0.2) is 30.1 Å². The number of rotatable bonds is 5. The fourth-order valence-corrected chi connectivity index (χ4v) is 3.04. The normalized spacial score (nSPS) is 13.7. The fraction of sp³-hybridized carbons (Fsp3) is 0.158. The molecular weight excluding hydrogens is 405 g/mol. The van der Waals surface area contributed by atoms with Crippen molar-refractivity contribution in [3.63, 3.8) is 0 Å². The Bertz CT molecular complexity index is 927. The van der Waals surface area contributed by atoms with Crippen LogP contribution in [0.15, 0.2) is 53.6 Å². The summed E-state index contributed by atoms with van der Waals surface area (Å²) < 4.78 is 5.01. The van der Waals surface area contributed by atoms with Gasteiger partial charge in [-0.05, 0) is 30.3 Å². The monoisotopic (exact) mass is 419 g/mol. The zero-order valence-corrected chi connectivity index (χ0v) is 16.0. The number of halogens is 2. The van der Waals surface area contributed by atoms with Gasteiger partial charge in [0.2, 0.25) is 5.91 Å². The predicted octanol–water partition coefficient (Wildman–Crippen LogP) is 3.66. The van der Waals surface area contributed by atoms with Crippen LogP contribution in [0.1, 0.15) is 12.8 Å². The second-order valence-corrected chi connectivity index (χ2v) is 6.74. The van der Waals surface area contributed by atoms with E-state index in [9.17, 15) is 14.4 Å². The van der Waals surface area contributed by atoms with Crippen LogP contribution in [0, 0.1) is 0 Å². The number of ether oxygens (including phenoxy) is 1. The van der Waals surface area contributed by atoms with Crippen LogP contribution < -0.4 is 10.3 Å². The minimum atomic E-state index is -0.757. The largest absolute Gasteiger partial charge is 0.451 e. The van der Waals surface area contributed by atoms with Crippen LogP contribution in [-0.2, 0) is 19.1 Å². The van der Waals surface area contributed by atoms with Crippen LogP contribution >= 0.6 is 23.2 Å². The Morgan fingerprint density at radius 2 is 1.75 bits per heavy atom. The molecule has 1 heterocycles. The lowest BCUT2D eigenvalue weighted by Gasteiger charge is -2.22. The van der Waals surface area contributed by atoms with E-state index in [0.717, 1.165) is 5.01 Å². The lowest BCUT2D eigenvalue weighted by atomic mass is 10.1. The molecule has 1 N–H and O–H groups in total. The summed E-state index contributed by atoms with van der Waals surface area (Å²) in [6.45, 7) is -0.513. The molecule has 0 unspecified atom stereocenters. The molecule has 0 aliphatic carbocycles. The number of anilines is 2. The molecule has 28 heavy (non-hydrogen) atoms. The van der Waals surface area contributed by atoms with Gasteiger partial charge in [0.1, 0.15) is 5.71 Å². The maximum atomic E-state index is 12.2. The number of carbonyl (C=O) groups is 3. The Hall–Kier alpha value is -2.90. The smallest absolute Gasteiger partial charge is 0.355 e. The second-order valence-electron chi connectivity index (χ2n) is 5.87. The van der Waals surface area contributed by atoms with Crippen LogP contribution in [0.2, 0.25) is 10.0 Å². The first-order chi connectivity index (χ1) is 13.4. The first-order valence-electron chi connectivity index (χ1n) is 8.31. The molecule has 2 aromatic rings. The number of nitrogens with zero attached hydrogens (tertiary/aromatic N) is 2. The first kappa shape index (κ1) is 19.9. The van der Waals surface area contributed by atoms with Crippen LogP contribution in [0.5, 0.6) is 0 Å². The Labute approximate surface area is 170 Å². The van der Waals surface area contributed by atoms with Crippen molar-refractivity contribution in [1.29, 1.82) is 0 Å². The molecule has 0 fully saturated rings. The van der Waals surface area contributed by atoms with Gasteiger partial charge in [0.05, 0.1) is 5.69 Å². The van der Waals surface area contributed by atoms with Crippen LogP contribution in [0.3, 0.4) is 0 Å². The Morgan fingerprint density at radius 3 is 2.43 bits per heavy atom. The third kappa shape index (κ3) is 5.09. The number of benzene rings is 2. The minimum Gasteiger partial charge on any atom is -0.451 e. The number of para-hydroxylation sites is 1. The highest BCUT2D eigenvalue weighted by molar-refractivity contribution is 6.38. The summed E-state index contributed by atoms with van der Waals surface area (Å²) in [6, 6.07) is 13.3. The van der Waals surface area contributed by atoms with E-state index in [1.165, 1.54) is 18.2 Å². The number of esters is 1. The maximum absolute atomic E-state index is 12.2. The molecule has 7 nitrogen and oxygen atoms in total. The molecule has 0 saturated carbocycles. The highest BCUT2D eigenvalue weighted by Gasteiger charge is 2.26. The van der Waals surface area contributed by atoms with Gasteiger partial charge in [0, 0.05) is 28.6 Å². The van der Waals surface area contributed by atoms with Crippen molar-refractivity contribution in [2.75, 3.05) is 16.9 Å². The van der Waals surface area contributed by atoms with Crippen molar-refractivity contribution in [1.82, 2.24) is 0 Å². The van der Waals surface area contributed by atoms with Gasteiger partial charge in [-0.3, -0.25) is 9.59 Å². The van der Waals surface area contributed by atoms with Gasteiger partial charge in [0.15, 0.2) is 6.61 Å². The molecule has 144 valence electrons. The number of carbonyl (C=O) groups excluding carboxylic acids is 3. The summed E-state index contributed by atoms with van der Waals surface area (Å²) in [5, 5.41) is 8.50. The van der Waals surface area contributed by atoms with Crippen molar-refractivity contribution in [2.24, 2.45) is 5.10 Å². The molecule has 0 radical (unpaired) electrons. The minimum absolute atomic E-state index is 0.0713. The SMILES string of the molecule is O=C(COC(=O)C1=NN(c2ccccc2)C(=O)CC1)Nc1cc(Cl)cc(Cl)c1. The molecular formula is C19H15Cl2N3O4. The number of hydrogen-bond acceptors (Lipinski definition) is 5. The number of nitrogens with one attached hydrogen (secondary N) is 1. The summed E-state index contributed by atoms with van der Waals surface area (Å²) >= 11 is 11.7. The molecule has 9 heteroatoms. The Kier molecular flexibility index (Phi) is 6.28. The summed E-state index contributed by atoms with van der Waals surface area (Å²) in [7, 11) is 0. The molecule has 0 bridgehead atoms. The lowest BCUT2D eigenvalue weighted by Crippen LogP contribution is -2.35. The zero-order chi connectivity index (χ0) is 20.1. The van der Waals surface area contributed by atoms with Crippen molar-refractivity contribution < 1.29 is 19.1 Å². The summed E-state index contributed by atoms with van der Waals surface area (Å²) in [4.78, 5) is 36.3. The highest BCUT2D eigenvalue weighted by Crippen LogP contribution is 2.22. The average Bonchev–Trinajstić information content (AvgIpc) is 2.66. The van der Waals surface area contributed by atoms with Crippen molar-refractivity contribution >= 4 is 58.1 Å². The molecule has 2 aromatic carbocycles. The average molecular weight is 420 g/mol. The summed E-state index contributed by atoms with van der Waals surface area (Å²) in [6.07, 6.45) is 0.266. The van der Waals surface area contributed by atoms with Gasteiger partial charge >= 0.3 is 5.97 Å². The third-order valence-electron chi connectivity index (χ3n) is 3.75. The van der Waals surface area contributed by atoms with E-state index in [1.807, 2.05) is 6.07 Å². The predicted molar refractivity (Wildman–Crippen MR) is 107 cm³/mol. The standard InChI is InChI=1S/C19H15Cl2N3O4/c20-12-8-13(21)10-14(9-12)22-17(25)11-28-19(27)16-6-7-18(26)24(23-16)15-4-2-1-3-5-15/h1-5,8-10H,6-7,11H2,(H,22,25). The van der Waals surface area contributed by atoms with Gasteiger partial charge in [-0.1, -0.05) is 41.4 Å². The van der Waals surface area contributed by atoms with Crippen molar-refractivity contribution in [3.8, 4) is 0 Å². The van der Waals surface area contributed by atoms with Crippen LogP contribution in [0.25, 0.3) is 0 Å². The molecule has 0 atom stereocenters. The lowest BCUT2D eigenvalue weighted by molar-refractivity contribution is -0.140. The molecule has 0 saturated heterocycles. The van der Waals surface area contributed by atoms with Crippen molar-refractivity contribution in [3.05, 3.63) is 58.6 Å². The van der Waals surface area contributed by atoms with Gasteiger partial charge in [-0.2, -0.15) is 5.10 Å². The molecule has 3 rings (SSSR count). The third-order valence-corrected chi connectivity index (χ3v) is 4.19. The van der Waals surface area contributed by atoms with E-state index in [1.54, 1.807) is 24.3 Å². The molecule has 1 aliphatic heterocycles. The molecule has 2 amide bonds. The second kappa shape index (κ2) is 8.86. The van der Waals surface area contributed by atoms with E-state index in [2.05, 4.69) is 10.4 Å². The van der Waals surface area contributed by atoms with Gasteiger partial charge in [0.25, 0.3) is 5.91 Å². The first-order valence-corrected chi connectivity index (χ1v) is 9.06. The van der Waals surface area contributed by atoms with Gasteiger partial charge < -0.3 is 10.1 Å². The number of amides is 2. The summed E-state index contributed by atoms with van der Waals surface area (Å²) in [5.41, 5.74) is 1.00. The van der Waals surface area contributed by atoms with E-state index < -0.39 is 18.5 Å².